The molecular weight excluding hydrogens is 377 g/mol. The Balaban J connectivity index is 1.61. The number of carbonyl (C=O) groups excluding carboxylic acids is 2. The monoisotopic (exact) mass is 393 g/mol. The molecule has 0 atom stereocenters. The number of ether oxygens (including phenoxy) is 1. The molecule has 0 radical (unpaired) electrons. The first-order valence-corrected chi connectivity index (χ1v) is 8.63. The molecule has 3 rings (SSSR count). The summed E-state index contributed by atoms with van der Waals surface area (Å²) in [5.41, 5.74) is 2.59. The van der Waals surface area contributed by atoms with Crippen LogP contribution in [0.2, 0.25) is 0 Å². The van der Waals surface area contributed by atoms with Gasteiger partial charge in [-0.25, -0.2) is 9.18 Å². The molecule has 0 fully saturated rings. The summed E-state index contributed by atoms with van der Waals surface area (Å²) in [4.78, 5) is 23.6. The van der Waals surface area contributed by atoms with E-state index in [1.807, 2.05) is 0 Å². The number of amides is 1. The molecule has 0 saturated heterocycles. The highest BCUT2D eigenvalue weighted by Crippen LogP contribution is 2.26. The smallest absolute Gasteiger partial charge is 0.338 e. The molecule has 29 heavy (non-hydrogen) atoms. The third-order valence-corrected chi connectivity index (χ3v) is 4.11. The molecule has 7 nitrogen and oxygen atoms in total. The van der Waals surface area contributed by atoms with Crippen LogP contribution in [0.15, 0.2) is 53.1 Å². The second-order valence-electron chi connectivity index (χ2n) is 6.13. The van der Waals surface area contributed by atoms with E-state index < -0.39 is 11.9 Å². The van der Waals surface area contributed by atoms with Crippen LogP contribution in [0.4, 0.5) is 10.1 Å². The molecule has 8 heteroatoms. The van der Waals surface area contributed by atoms with Crippen molar-refractivity contribution in [2.75, 3.05) is 5.32 Å². The van der Waals surface area contributed by atoms with Gasteiger partial charge in [0.15, 0.2) is 5.76 Å². The van der Waals surface area contributed by atoms with Crippen molar-refractivity contribution in [3.8, 4) is 17.4 Å². The van der Waals surface area contributed by atoms with Gasteiger partial charge in [0.25, 0.3) is 0 Å². The number of benzene rings is 2. The zero-order valence-corrected chi connectivity index (χ0v) is 15.4. The van der Waals surface area contributed by atoms with E-state index in [1.54, 1.807) is 37.3 Å². The molecule has 1 aromatic heterocycles. The summed E-state index contributed by atoms with van der Waals surface area (Å²) in [5.74, 6) is -0.865. The number of nitriles is 1. The van der Waals surface area contributed by atoms with E-state index >= 15 is 0 Å². The summed E-state index contributed by atoms with van der Waals surface area (Å²) in [6.07, 6.45) is -0.249. The minimum atomic E-state index is -0.564. The first kappa shape index (κ1) is 19.8. The van der Waals surface area contributed by atoms with Crippen molar-refractivity contribution in [2.24, 2.45) is 0 Å². The first-order chi connectivity index (χ1) is 14.0. The van der Waals surface area contributed by atoms with Crippen LogP contribution in [0.3, 0.4) is 0 Å². The van der Waals surface area contributed by atoms with Crippen molar-refractivity contribution in [1.29, 1.82) is 5.26 Å². The van der Waals surface area contributed by atoms with E-state index in [-0.39, 0.29) is 18.8 Å². The van der Waals surface area contributed by atoms with Gasteiger partial charge >= 0.3 is 5.97 Å². The Bertz CT molecular complexity index is 1070. The fraction of sp³-hybridized carbons (Fsp3) is 0.143. The predicted octanol–water partition coefficient (Wildman–Crippen LogP) is 4.00. The minimum Gasteiger partial charge on any atom is -0.455 e. The lowest BCUT2D eigenvalue weighted by atomic mass is 10.1. The Morgan fingerprint density at radius 2 is 1.86 bits per heavy atom. The number of anilines is 1. The van der Waals surface area contributed by atoms with E-state index in [2.05, 4.69) is 10.5 Å². The van der Waals surface area contributed by atoms with Gasteiger partial charge in [-0.1, -0.05) is 5.16 Å². The van der Waals surface area contributed by atoms with Crippen molar-refractivity contribution in [1.82, 2.24) is 5.16 Å². The average molecular weight is 393 g/mol. The third-order valence-electron chi connectivity index (χ3n) is 4.11. The fourth-order valence-electron chi connectivity index (χ4n) is 2.56. The average Bonchev–Trinajstić information content (AvgIpc) is 3.08. The third kappa shape index (κ3) is 4.84. The second-order valence-corrected chi connectivity index (χ2v) is 6.13. The van der Waals surface area contributed by atoms with Crippen molar-refractivity contribution >= 4 is 17.6 Å². The summed E-state index contributed by atoms with van der Waals surface area (Å²) in [6.45, 7) is 1.69. The van der Waals surface area contributed by atoms with Gasteiger partial charge in [-0.3, -0.25) is 4.79 Å². The van der Waals surface area contributed by atoms with E-state index in [4.69, 9.17) is 14.5 Å². The number of nitrogens with zero attached hydrogens (tertiary/aromatic N) is 2. The van der Waals surface area contributed by atoms with Crippen LogP contribution >= 0.6 is 0 Å². The van der Waals surface area contributed by atoms with Gasteiger partial charge < -0.3 is 14.6 Å². The molecule has 0 saturated carbocycles. The van der Waals surface area contributed by atoms with Crippen LogP contribution in [0.25, 0.3) is 11.3 Å². The van der Waals surface area contributed by atoms with Gasteiger partial charge in [-0.05, 0) is 55.5 Å². The summed E-state index contributed by atoms with van der Waals surface area (Å²) in [5, 5.41) is 14.9. The van der Waals surface area contributed by atoms with Crippen LogP contribution in [0.5, 0.6) is 0 Å². The molecule has 0 unspecified atom stereocenters. The lowest BCUT2D eigenvalue weighted by molar-refractivity contribution is -0.115. The maximum Gasteiger partial charge on any atom is 0.338 e. The van der Waals surface area contributed by atoms with Crippen LogP contribution in [-0.4, -0.2) is 17.0 Å². The molecule has 1 amide bonds. The Labute approximate surface area is 165 Å². The number of halogens is 1. The Morgan fingerprint density at radius 1 is 1.17 bits per heavy atom. The van der Waals surface area contributed by atoms with Gasteiger partial charge in [0.05, 0.1) is 11.6 Å². The van der Waals surface area contributed by atoms with Gasteiger partial charge in [0, 0.05) is 16.8 Å². The molecule has 1 N–H and O–H groups in total. The molecular formula is C21H16FN3O4. The molecule has 0 aliphatic heterocycles. The molecule has 146 valence electrons. The number of aromatic nitrogens is 1. The molecule has 0 bridgehead atoms. The topological polar surface area (TPSA) is 105 Å². The van der Waals surface area contributed by atoms with Crippen LogP contribution in [0.1, 0.15) is 28.0 Å². The Morgan fingerprint density at radius 3 is 2.52 bits per heavy atom. The maximum absolute atomic E-state index is 13.1. The van der Waals surface area contributed by atoms with E-state index in [0.717, 1.165) is 0 Å². The maximum atomic E-state index is 13.1. The van der Waals surface area contributed by atoms with Crippen molar-refractivity contribution in [3.05, 3.63) is 71.2 Å². The summed E-state index contributed by atoms with van der Waals surface area (Å²) < 4.78 is 23.6. The second kappa shape index (κ2) is 8.80. The number of nitrogens with one attached hydrogen (secondary N) is 1. The fourth-order valence-corrected chi connectivity index (χ4v) is 2.56. The molecule has 0 aliphatic carbocycles. The number of hydrogen-bond acceptors (Lipinski definition) is 6. The van der Waals surface area contributed by atoms with E-state index in [9.17, 15) is 14.0 Å². The zero-order chi connectivity index (χ0) is 20.8. The predicted molar refractivity (Wildman–Crippen MR) is 101 cm³/mol. The highest BCUT2D eigenvalue weighted by molar-refractivity contribution is 5.93. The quantitative estimate of drug-likeness (QED) is 0.635. The molecule has 3 aromatic rings. The Hall–Kier alpha value is -3.99. The molecule has 0 aliphatic rings. The van der Waals surface area contributed by atoms with Gasteiger partial charge in [-0.15, -0.1) is 0 Å². The number of carbonyl (C=O) groups is 2. The summed E-state index contributed by atoms with van der Waals surface area (Å²) in [7, 11) is 0. The normalized spacial score (nSPS) is 10.2. The molecule has 0 spiro atoms. The highest BCUT2D eigenvalue weighted by atomic mass is 19.1. The van der Waals surface area contributed by atoms with Crippen molar-refractivity contribution in [3.63, 3.8) is 0 Å². The summed E-state index contributed by atoms with van der Waals surface area (Å²) in [6, 6.07) is 13.6. The van der Waals surface area contributed by atoms with Gasteiger partial charge in [-0.2, -0.15) is 5.26 Å². The number of rotatable bonds is 6. The minimum absolute atomic E-state index is 0.0873. The lowest BCUT2D eigenvalue weighted by Gasteiger charge is -2.06. The summed E-state index contributed by atoms with van der Waals surface area (Å²) >= 11 is 0. The van der Waals surface area contributed by atoms with Gasteiger partial charge in [0.1, 0.15) is 24.5 Å². The standard InChI is InChI=1S/C21H16FN3O4/c1-13-18(25-29-20(13)14-2-6-16(22)7-3-14)12-28-21(27)15-4-8-17(9-5-15)24-19(26)10-11-23/h2-9H,10,12H2,1H3,(H,24,26). The number of esters is 1. The molecule has 2 aromatic carbocycles. The van der Waals surface area contributed by atoms with Crippen molar-refractivity contribution in [2.45, 2.75) is 20.0 Å². The van der Waals surface area contributed by atoms with Crippen LogP contribution in [-0.2, 0) is 16.1 Å². The Kier molecular flexibility index (Phi) is 6.00. The number of hydrogen-bond donors (Lipinski definition) is 1. The van der Waals surface area contributed by atoms with Crippen molar-refractivity contribution < 1.29 is 23.2 Å². The SMILES string of the molecule is Cc1c(COC(=O)c2ccc(NC(=O)CC#N)cc2)noc1-c1ccc(F)cc1. The lowest BCUT2D eigenvalue weighted by Crippen LogP contribution is -2.10. The first-order valence-electron chi connectivity index (χ1n) is 8.63. The zero-order valence-electron chi connectivity index (χ0n) is 15.4. The molecule has 1 heterocycles. The van der Waals surface area contributed by atoms with Crippen LogP contribution in [0, 0.1) is 24.1 Å². The van der Waals surface area contributed by atoms with Crippen LogP contribution < -0.4 is 5.32 Å². The highest BCUT2D eigenvalue weighted by Gasteiger charge is 2.16. The largest absolute Gasteiger partial charge is 0.455 e. The van der Waals surface area contributed by atoms with E-state index in [0.29, 0.717) is 33.8 Å². The van der Waals surface area contributed by atoms with Gasteiger partial charge in [0.2, 0.25) is 5.91 Å². The van der Waals surface area contributed by atoms with E-state index in [1.165, 1.54) is 24.3 Å².